The number of benzene rings is 2. The summed E-state index contributed by atoms with van der Waals surface area (Å²) in [5.41, 5.74) is 1.03. The molecule has 0 aliphatic heterocycles. The molecule has 0 aromatic heterocycles. The normalized spacial score (nSPS) is 11.7. The highest BCUT2D eigenvalue weighted by atomic mass is 35.5. The number of halogens is 1. The van der Waals surface area contributed by atoms with Gasteiger partial charge in [-0.1, -0.05) is 42.8 Å². The lowest BCUT2D eigenvalue weighted by molar-refractivity contribution is -0.143. The first-order valence-electron chi connectivity index (χ1n) is 9.71. The second-order valence-electron chi connectivity index (χ2n) is 6.57. The molecule has 0 heterocycles. The molecule has 2 rings (SSSR count). The van der Waals surface area contributed by atoms with Crippen molar-refractivity contribution >= 4 is 44.9 Å². The summed E-state index contributed by atoms with van der Waals surface area (Å²) >= 11 is 6.14. The van der Waals surface area contributed by atoms with Gasteiger partial charge in [-0.15, -0.1) is 0 Å². The van der Waals surface area contributed by atoms with E-state index in [1.54, 1.807) is 50.3 Å². The van der Waals surface area contributed by atoms with Gasteiger partial charge >= 0.3 is 5.97 Å². The Hall–Kier alpha value is -2.84. The van der Waals surface area contributed by atoms with Crippen LogP contribution in [0, 0.1) is 0 Å². The Kier molecular flexibility index (Phi) is 8.65. The number of nitrogens with zero attached hydrogens (tertiary/aromatic N) is 1. The van der Waals surface area contributed by atoms with Crippen LogP contribution >= 0.6 is 11.6 Å². The summed E-state index contributed by atoms with van der Waals surface area (Å²) in [4.78, 5) is 24.0. The molecule has 0 atom stereocenters. The highest BCUT2D eigenvalue weighted by Gasteiger charge is 2.24. The van der Waals surface area contributed by atoms with Gasteiger partial charge in [0.05, 0.1) is 21.3 Å². The molecular formula is C22H25ClN2O5S. The van der Waals surface area contributed by atoms with Crippen LogP contribution in [0.1, 0.15) is 27.2 Å². The molecule has 2 aromatic carbocycles. The molecule has 166 valence electrons. The predicted octanol–water partition coefficient (Wildman–Crippen LogP) is 4.39. The molecule has 7 nitrogen and oxygen atoms in total. The van der Waals surface area contributed by atoms with E-state index < -0.39 is 28.5 Å². The van der Waals surface area contributed by atoms with Gasteiger partial charge in [-0.25, -0.2) is 13.2 Å². The van der Waals surface area contributed by atoms with E-state index in [4.69, 9.17) is 16.3 Å². The quantitative estimate of drug-likeness (QED) is 0.438. The number of esters is 1. The van der Waals surface area contributed by atoms with Crippen molar-refractivity contribution in [2.75, 3.05) is 22.8 Å². The minimum Gasteiger partial charge on any atom is -0.452 e. The van der Waals surface area contributed by atoms with Crippen LogP contribution < -0.4 is 9.62 Å². The molecule has 0 fully saturated rings. The maximum atomic E-state index is 13.2. The zero-order valence-corrected chi connectivity index (χ0v) is 19.2. The molecule has 0 radical (unpaired) electrons. The summed E-state index contributed by atoms with van der Waals surface area (Å²) < 4.78 is 32.5. The van der Waals surface area contributed by atoms with Crippen molar-refractivity contribution in [3.8, 4) is 0 Å². The smallest absolute Gasteiger partial charge is 0.333 e. The number of ether oxygens (including phenoxy) is 1. The highest BCUT2D eigenvalue weighted by Crippen LogP contribution is 2.29. The van der Waals surface area contributed by atoms with Gasteiger partial charge < -0.3 is 10.1 Å². The molecule has 9 heteroatoms. The summed E-state index contributed by atoms with van der Waals surface area (Å²) in [6.07, 6.45) is 2.36. The van der Waals surface area contributed by atoms with Gasteiger partial charge in [0.25, 0.3) is 15.9 Å². The van der Waals surface area contributed by atoms with Crippen molar-refractivity contribution in [3.05, 3.63) is 65.2 Å². The van der Waals surface area contributed by atoms with E-state index in [2.05, 4.69) is 5.32 Å². The van der Waals surface area contributed by atoms with E-state index in [9.17, 15) is 18.0 Å². The number of carbonyl (C=O) groups is 2. The molecule has 1 amide bonds. The average Bonchev–Trinajstić information content (AvgIpc) is 2.74. The molecule has 0 spiro atoms. The third kappa shape index (κ3) is 6.32. The number of amides is 1. The van der Waals surface area contributed by atoms with E-state index in [1.807, 2.05) is 6.92 Å². The van der Waals surface area contributed by atoms with Crippen LogP contribution in [0.25, 0.3) is 0 Å². The monoisotopic (exact) mass is 464 g/mol. The standard InChI is InChI=1S/C22H25ClN2O5S/c1-4-9-16(3)22(27)30-15-21(26)24-20-14-18(12-13-19(20)23)31(28,29)25(5-2)17-10-7-6-8-11-17/h6-14H,4-5,15H2,1-3H3,(H,24,26)/b16-9-. The minimum atomic E-state index is -3.89. The Morgan fingerprint density at radius 1 is 1.13 bits per heavy atom. The molecule has 0 unspecified atom stereocenters. The summed E-state index contributed by atoms with van der Waals surface area (Å²) in [6, 6.07) is 12.7. The maximum absolute atomic E-state index is 13.2. The van der Waals surface area contributed by atoms with Gasteiger partial charge in [0.1, 0.15) is 0 Å². The summed E-state index contributed by atoms with van der Waals surface area (Å²) in [5, 5.41) is 2.65. The van der Waals surface area contributed by atoms with Crippen molar-refractivity contribution < 1.29 is 22.7 Å². The Balaban J connectivity index is 2.20. The SMILES string of the molecule is CC/C=C(/C)C(=O)OCC(=O)Nc1cc(S(=O)(=O)N(CC)c2ccccc2)ccc1Cl. The van der Waals surface area contributed by atoms with Crippen LogP contribution in [0.4, 0.5) is 11.4 Å². The van der Waals surface area contributed by atoms with Gasteiger partial charge in [0.15, 0.2) is 6.61 Å². The first kappa shape index (κ1) is 24.4. The average molecular weight is 465 g/mol. The first-order valence-corrected chi connectivity index (χ1v) is 11.5. The van der Waals surface area contributed by atoms with Gasteiger partial charge in [-0.2, -0.15) is 0 Å². The van der Waals surface area contributed by atoms with Gasteiger partial charge in [-0.05, 0) is 50.6 Å². The third-order valence-corrected chi connectivity index (χ3v) is 6.53. The molecule has 2 aromatic rings. The van der Waals surface area contributed by atoms with Crippen molar-refractivity contribution in [1.29, 1.82) is 0 Å². The number of allylic oxidation sites excluding steroid dienone is 1. The first-order chi connectivity index (χ1) is 14.7. The Labute approximate surface area is 187 Å². The number of rotatable bonds is 9. The number of para-hydroxylation sites is 1. The highest BCUT2D eigenvalue weighted by molar-refractivity contribution is 7.92. The van der Waals surface area contributed by atoms with Crippen LogP contribution in [-0.4, -0.2) is 33.4 Å². The lowest BCUT2D eigenvalue weighted by atomic mass is 10.2. The summed E-state index contributed by atoms with van der Waals surface area (Å²) in [6.45, 7) is 4.90. The largest absolute Gasteiger partial charge is 0.452 e. The Morgan fingerprint density at radius 3 is 2.42 bits per heavy atom. The van der Waals surface area contributed by atoms with Crippen LogP contribution in [0.2, 0.25) is 5.02 Å². The fraction of sp³-hybridized carbons (Fsp3) is 0.273. The number of sulfonamides is 1. The molecular weight excluding hydrogens is 440 g/mol. The van der Waals surface area contributed by atoms with Crippen molar-refractivity contribution in [1.82, 2.24) is 0 Å². The number of nitrogens with one attached hydrogen (secondary N) is 1. The predicted molar refractivity (Wildman–Crippen MR) is 122 cm³/mol. The zero-order chi connectivity index (χ0) is 23.0. The third-order valence-electron chi connectivity index (χ3n) is 4.30. The zero-order valence-electron chi connectivity index (χ0n) is 17.6. The second kappa shape index (κ2) is 11.0. The summed E-state index contributed by atoms with van der Waals surface area (Å²) in [5.74, 6) is -1.23. The second-order valence-corrected chi connectivity index (χ2v) is 8.84. The topological polar surface area (TPSA) is 92.8 Å². The molecule has 1 N–H and O–H groups in total. The van der Waals surface area contributed by atoms with E-state index in [1.165, 1.54) is 22.5 Å². The molecule has 31 heavy (non-hydrogen) atoms. The molecule has 0 aliphatic rings. The molecule has 0 bridgehead atoms. The van der Waals surface area contributed by atoms with Crippen LogP contribution in [0.3, 0.4) is 0 Å². The van der Waals surface area contributed by atoms with Crippen molar-refractivity contribution in [3.63, 3.8) is 0 Å². The van der Waals surface area contributed by atoms with E-state index in [0.29, 0.717) is 17.7 Å². The Bertz CT molecular complexity index is 1070. The Morgan fingerprint density at radius 2 is 1.81 bits per heavy atom. The fourth-order valence-electron chi connectivity index (χ4n) is 2.79. The fourth-order valence-corrected chi connectivity index (χ4v) is 4.46. The lowest BCUT2D eigenvalue weighted by Gasteiger charge is -2.23. The minimum absolute atomic E-state index is 0.0309. The van der Waals surface area contributed by atoms with Gasteiger partial charge in [0, 0.05) is 12.1 Å². The maximum Gasteiger partial charge on any atom is 0.333 e. The number of anilines is 2. The summed E-state index contributed by atoms with van der Waals surface area (Å²) in [7, 11) is -3.89. The number of carbonyl (C=O) groups excluding carboxylic acids is 2. The number of hydrogen-bond donors (Lipinski definition) is 1. The number of hydrogen-bond acceptors (Lipinski definition) is 5. The van der Waals surface area contributed by atoms with Crippen molar-refractivity contribution in [2.24, 2.45) is 0 Å². The van der Waals surface area contributed by atoms with Gasteiger partial charge in [-0.3, -0.25) is 9.10 Å². The van der Waals surface area contributed by atoms with Crippen LogP contribution in [-0.2, 0) is 24.3 Å². The molecule has 0 saturated carbocycles. The van der Waals surface area contributed by atoms with E-state index >= 15 is 0 Å². The molecule has 0 saturated heterocycles. The van der Waals surface area contributed by atoms with Crippen molar-refractivity contribution in [2.45, 2.75) is 32.1 Å². The molecule has 0 aliphatic carbocycles. The van der Waals surface area contributed by atoms with E-state index in [0.717, 1.165) is 0 Å². The van der Waals surface area contributed by atoms with Crippen LogP contribution in [0.15, 0.2) is 65.1 Å². The lowest BCUT2D eigenvalue weighted by Crippen LogP contribution is -2.30. The van der Waals surface area contributed by atoms with Crippen LogP contribution in [0.5, 0.6) is 0 Å². The van der Waals surface area contributed by atoms with Gasteiger partial charge in [0.2, 0.25) is 0 Å². The van der Waals surface area contributed by atoms with E-state index in [-0.39, 0.29) is 22.2 Å².